The van der Waals surface area contributed by atoms with E-state index in [2.05, 4.69) is 15.3 Å². The monoisotopic (exact) mass is 272 g/mol. The van der Waals surface area contributed by atoms with Crippen LogP contribution in [0.3, 0.4) is 0 Å². The smallest absolute Gasteiger partial charge is 0.274 e. The number of hydrogen-bond donors (Lipinski definition) is 2. The number of nitrogens with zero attached hydrogens (tertiary/aromatic N) is 3. The van der Waals surface area contributed by atoms with Gasteiger partial charge in [-0.05, 0) is 12.1 Å². The lowest BCUT2D eigenvalue weighted by molar-refractivity contribution is 0.0576. The third kappa shape index (κ3) is 2.23. The Morgan fingerprint density at radius 3 is 2.80 bits per heavy atom. The van der Waals surface area contributed by atoms with Gasteiger partial charge in [0.2, 0.25) is 0 Å². The molecule has 0 saturated carbocycles. The number of aliphatic hydroxyl groups is 1. The molecular weight excluding hydrogens is 256 g/mol. The van der Waals surface area contributed by atoms with E-state index in [-0.39, 0.29) is 11.9 Å². The second-order valence-electron chi connectivity index (χ2n) is 4.95. The van der Waals surface area contributed by atoms with Gasteiger partial charge in [0.25, 0.3) is 5.91 Å². The molecule has 1 aliphatic rings. The Bertz CT molecular complexity index is 646. The van der Waals surface area contributed by atoms with Crippen molar-refractivity contribution in [2.45, 2.75) is 12.1 Å². The van der Waals surface area contributed by atoms with E-state index in [0.29, 0.717) is 24.3 Å². The summed E-state index contributed by atoms with van der Waals surface area (Å²) >= 11 is 0. The van der Waals surface area contributed by atoms with Crippen LogP contribution in [0.2, 0.25) is 0 Å². The van der Waals surface area contributed by atoms with E-state index in [1.807, 2.05) is 24.3 Å². The molecule has 3 rings (SSSR count). The van der Waals surface area contributed by atoms with Crippen LogP contribution in [0.5, 0.6) is 0 Å². The molecular formula is C14H16N4O2. The number of aliphatic hydroxyl groups excluding tert-OH is 1. The van der Waals surface area contributed by atoms with Gasteiger partial charge in [-0.2, -0.15) is 0 Å². The van der Waals surface area contributed by atoms with E-state index in [0.717, 1.165) is 5.52 Å². The number of benzene rings is 1. The molecule has 0 radical (unpaired) electrons. The van der Waals surface area contributed by atoms with E-state index in [1.54, 1.807) is 7.05 Å². The van der Waals surface area contributed by atoms with Crippen LogP contribution in [0.15, 0.2) is 30.5 Å². The molecule has 0 spiro atoms. The van der Waals surface area contributed by atoms with Crippen molar-refractivity contribution in [3.05, 3.63) is 36.2 Å². The summed E-state index contributed by atoms with van der Waals surface area (Å²) in [5.41, 5.74) is 1.75. The molecule has 0 bridgehead atoms. The number of amides is 1. The van der Waals surface area contributed by atoms with Gasteiger partial charge in [0.15, 0.2) is 0 Å². The minimum Gasteiger partial charge on any atom is -0.390 e. The van der Waals surface area contributed by atoms with Crippen molar-refractivity contribution in [1.29, 1.82) is 0 Å². The van der Waals surface area contributed by atoms with Crippen LogP contribution in [0, 0.1) is 0 Å². The Morgan fingerprint density at radius 1 is 1.35 bits per heavy atom. The molecule has 2 heterocycles. The molecule has 2 aromatic rings. The molecule has 1 saturated heterocycles. The van der Waals surface area contributed by atoms with Crippen molar-refractivity contribution < 1.29 is 9.90 Å². The number of likely N-dealkylation sites (N-methyl/N-ethyl adjacent to an activating group) is 1. The molecule has 1 fully saturated rings. The third-order valence-electron chi connectivity index (χ3n) is 3.64. The number of para-hydroxylation sites is 2. The summed E-state index contributed by atoms with van der Waals surface area (Å²) in [6.45, 7) is 1.09. The largest absolute Gasteiger partial charge is 0.390 e. The van der Waals surface area contributed by atoms with E-state index in [4.69, 9.17) is 0 Å². The molecule has 6 nitrogen and oxygen atoms in total. The maximum absolute atomic E-state index is 12.4. The van der Waals surface area contributed by atoms with Gasteiger partial charge in [0.1, 0.15) is 5.69 Å². The fourth-order valence-electron chi connectivity index (χ4n) is 2.44. The maximum atomic E-state index is 12.4. The number of hydrogen-bond acceptors (Lipinski definition) is 5. The van der Waals surface area contributed by atoms with Crippen molar-refractivity contribution in [2.75, 3.05) is 20.1 Å². The van der Waals surface area contributed by atoms with Crippen LogP contribution in [0.4, 0.5) is 0 Å². The van der Waals surface area contributed by atoms with Crippen LogP contribution < -0.4 is 5.32 Å². The topological polar surface area (TPSA) is 78.4 Å². The summed E-state index contributed by atoms with van der Waals surface area (Å²) in [6, 6.07) is 7.19. The van der Waals surface area contributed by atoms with Crippen LogP contribution >= 0.6 is 0 Å². The first-order chi connectivity index (χ1) is 9.66. The average molecular weight is 272 g/mol. The Balaban J connectivity index is 1.88. The Hall–Kier alpha value is -2.05. The highest BCUT2D eigenvalue weighted by atomic mass is 16.3. The van der Waals surface area contributed by atoms with Crippen LogP contribution in [-0.2, 0) is 0 Å². The van der Waals surface area contributed by atoms with Crippen molar-refractivity contribution in [3.63, 3.8) is 0 Å². The van der Waals surface area contributed by atoms with Gasteiger partial charge >= 0.3 is 0 Å². The molecule has 1 aromatic heterocycles. The number of carbonyl (C=O) groups excluding carboxylic acids is 1. The highest BCUT2D eigenvalue weighted by Crippen LogP contribution is 2.13. The van der Waals surface area contributed by atoms with Gasteiger partial charge in [0.05, 0.1) is 29.4 Å². The molecule has 2 atom stereocenters. The lowest BCUT2D eigenvalue weighted by Gasteiger charge is -2.25. The van der Waals surface area contributed by atoms with Crippen molar-refractivity contribution in [3.8, 4) is 0 Å². The molecule has 1 aliphatic heterocycles. The van der Waals surface area contributed by atoms with Crippen LogP contribution in [0.1, 0.15) is 10.5 Å². The highest BCUT2D eigenvalue weighted by Gasteiger charge is 2.32. The van der Waals surface area contributed by atoms with Crippen molar-refractivity contribution in [2.24, 2.45) is 0 Å². The zero-order chi connectivity index (χ0) is 14.1. The first kappa shape index (κ1) is 13.0. The zero-order valence-corrected chi connectivity index (χ0v) is 11.2. The van der Waals surface area contributed by atoms with E-state index >= 15 is 0 Å². The summed E-state index contributed by atoms with van der Waals surface area (Å²) in [7, 11) is 1.68. The zero-order valence-electron chi connectivity index (χ0n) is 11.2. The summed E-state index contributed by atoms with van der Waals surface area (Å²) in [5.74, 6) is -0.226. The Kier molecular flexibility index (Phi) is 3.33. The second-order valence-corrected chi connectivity index (χ2v) is 4.95. The predicted molar refractivity (Wildman–Crippen MR) is 74.3 cm³/mol. The molecule has 0 unspecified atom stereocenters. The lowest BCUT2D eigenvalue weighted by Crippen LogP contribution is -2.44. The number of aromatic nitrogens is 2. The van der Waals surface area contributed by atoms with E-state index < -0.39 is 6.10 Å². The first-order valence-electron chi connectivity index (χ1n) is 6.54. The molecule has 1 amide bonds. The second kappa shape index (κ2) is 5.15. The van der Waals surface area contributed by atoms with Crippen LogP contribution in [-0.4, -0.2) is 58.2 Å². The maximum Gasteiger partial charge on any atom is 0.274 e. The Labute approximate surface area is 116 Å². The number of β-amino-alcohol motifs (C(OH)–C–C–N with tert-alkyl or cyclic N) is 1. The van der Waals surface area contributed by atoms with Gasteiger partial charge in [-0.15, -0.1) is 0 Å². The SMILES string of the molecule is CN(C(=O)c1cnc2ccccc2n1)[C@H]1CNC[C@@H]1O. The van der Waals surface area contributed by atoms with Gasteiger partial charge in [-0.1, -0.05) is 12.1 Å². The standard InChI is InChI=1S/C14H16N4O2/c1-18(12-7-15-8-13(12)19)14(20)11-6-16-9-4-2-3-5-10(9)17-11/h2-6,12-13,15,19H,7-8H2,1H3/t12-,13-/m0/s1. The molecule has 0 aliphatic carbocycles. The number of rotatable bonds is 2. The normalized spacial score (nSPS) is 22.1. The summed E-state index contributed by atoms with van der Waals surface area (Å²) < 4.78 is 0. The fourth-order valence-corrected chi connectivity index (χ4v) is 2.44. The highest BCUT2D eigenvalue weighted by molar-refractivity contribution is 5.93. The molecule has 6 heteroatoms. The van der Waals surface area contributed by atoms with E-state index in [1.165, 1.54) is 11.1 Å². The average Bonchev–Trinajstić information content (AvgIpc) is 2.91. The third-order valence-corrected chi connectivity index (χ3v) is 3.64. The molecule has 2 N–H and O–H groups in total. The summed E-state index contributed by atoms with van der Waals surface area (Å²) in [4.78, 5) is 22.5. The fraction of sp³-hybridized carbons (Fsp3) is 0.357. The predicted octanol–water partition coefficient (Wildman–Crippen LogP) is 0.0345. The Morgan fingerprint density at radius 2 is 2.10 bits per heavy atom. The van der Waals surface area contributed by atoms with E-state index in [9.17, 15) is 9.90 Å². The van der Waals surface area contributed by atoms with Gasteiger partial charge in [0, 0.05) is 20.1 Å². The molecule has 104 valence electrons. The first-order valence-corrected chi connectivity index (χ1v) is 6.54. The number of carbonyl (C=O) groups is 1. The van der Waals surface area contributed by atoms with Gasteiger partial charge < -0.3 is 15.3 Å². The lowest BCUT2D eigenvalue weighted by atomic mass is 10.2. The van der Waals surface area contributed by atoms with Crippen molar-refractivity contribution in [1.82, 2.24) is 20.2 Å². The minimum absolute atomic E-state index is 0.226. The summed E-state index contributed by atoms with van der Waals surface area (Å²) in [5, 5.41) is 12.9. The molecule has 20 heavy (non-hydrogen) atoms. The van der Waals surface area contributed by atoms with Gasteiger partial charge in [-0.25, -0.2) is 4.98 Å². The van der Waals surface area contributed by atoms with Gasteiger partial charge in [-0.3, -0.25) is 9.78 Å². The number of nitrogens with one attached hydrogen (secondary N) is 1. The quantitative estimate of drug-likeness (QED) is 0.806. The van der Waals surface area contributed by atoms with Crippen molar-refractivity contribution >= 4 is 16.9 Å². The summed E-state index contributed by atoms with van der Waals surface area (Å²) in [6.07, 6.45) is 0.938. The van der Waals surface area contributed by atoms with Crippen LogP contribution in [0.25, 0.3) is 11.0 Å². The minimum atomic E-state index is -0.544. The number of fused-ring (bicyclic) bond motifs is 1. The molecule has 1 aromatic carbocycles.